The molecule has 0 radical (unpaired) electrons. The summed E-state index contributed by atoms with van der Waals surface area (Å²) in [5.41, 5.74) is 0.174. The maximum absolute atomic E-state index is 11.6. The van der Waals surface area contributed by atoms with Crippen molar-refractivity contribution in [2.24, 2.45) is 0 Å². The Morgan fingerprint density at radius 1 is 1.47 bits per heavy atom. The van der Waals surface area contributed by atoms with Gasteiger partial charge in [-0.3, -0.25) is 4.79 Å². The molecule has 0 aliphatic heterocycles. The van der Waals surface area contributed by atoms with Gasteiger partial charge in [0.25, 0.3) is 5.56 Å². The maximum atomic E-state index is 11.6. The fourth-order valence-corrected chi connectivity index (χ4v) is 1.64. The van der Waals surface area contributed by atoms with Gasteiger partial charge in [0.1, 0.15) is 11.4 Å². The highest BCUT2D eigenvalue weighted by atomic mass is 16.4. The van der Waals surface area contributed by atoms with Crippen molar-refractivity contribution in [3.8, 4) is 5.82 Å². The van der Waals surface area contributed by atoms with Gasteiger partial charge in [0.05, 0.1) is 5.69 Å². The number of carbonyl (C=O) groups is 1. The average molecular weight is 262 g/mol. The summed E-state index contributed by atoms with van der Waals surface area (Å²) in [6, 6.07) is 1.28. The molecule has 0 unspecified atom stereocenters. The number of rotatable bonds is 3. The van der Waals surface area contributed by atoms with Gasteiger partial charge in [-0.25, -0.2) is 14.5 Å². The van der Waals surface area contributed by atoms with Gasteiger partial charge in [-0.1, -0.05) is 13.8 Å². The lowest BCUT2D eigenvalue weighted by molar-refractivity contribution is 0.0696. The van der Waals surface area contributed by atoms with E-state index in [0.29, 0.717) is 17.3 Å². The summed E-state index contributed by atoms with van der Waals surface area (Å²) >= 11 is 0. The van der Waals surface area contributed by atoms with Crippen molar-refractivity contribution in [3.05, 3.63) is 39.7 Å². The summed E-state index contributed by atoms with van der Waals surface area (Å²) < 4.78 is 1.31. The number of nitrogens with one attached hydrogen (secondary N) is 1. The fraction of sp³-hybridized carbons (Fsp3) is 0.333. The molecule has 100 valence electrons. The molecular formula is C12H14N4O3. The Balaban J connectivity index is 2.56. The van der Waals surface area contributed by atoms with Crippen LogP contribution in [0.25, 0.3) is 5.82 Å². The average Bonchev–Trinajstić information content (AvgIpc) is 2.70. The molecule has 7 nitrogen and oxygen atoms in total. The van der Waals surface area contributed by atoms with E-state index in [9.17, 15) is 9.59 Å². The van der Waals surface area contributed by atoms with Crippen LogP contribution in [0.5, 0.6) is 0 Å². The van der Waals surface area contributed by atoms with Crippen LogP contribution in [0.4, 0.5) is 0 Å². The van der Waals surface area contributed by atoms with E-state index in [-0.39, 0.29) is 17.0 Å². The highest BCUT2D eigenvalue weighted by Gasteiger charge is 2.14. The van der Waals surface area contributed by atoms with Gasteiger partial charge in [-0.15, -0.1) is 0 Å². The standard InChI is InChI=1S/C12H14N4O3/c1-6(2)11-13-9(4-10(17)14-11)16-5-8(12(18)19)7(3)15-16/h4-6H,1-3H3,(H,18,19)(H,13,14,17). The van der Waals surface area contributed by atoms with Gasteiger partial charge in [-0.2, -0.15) is 5.10 Å². The summed E-state index contributed by atoms with van der Waals surface area (Å²) in [5, 5.41) is 13.0. The van der Waals surface area contributed by atoms with E-state index in [0.717, 1.165) is 0 Å². The van der Waals surface area contributed by atoms with Crippen LogP contribution in [-0.4, -0.2) is 30.8 Å². The van der Waals surface area contributed by atoms with Crippen molar-refractivity contribution in [1.82, 2.24) is 19.7 Å². The quantitative estimate of drug-likeness (QED) is 0.862. The molecule has 0 aliphatic carbocycles. The summed E-state index contributed by atoms with van der Waals surface area (Å²) in [6.07, 6.45) is 1.35. The lowest BCUT2D eigenvalue weighted by Gasteiger charge is -2.06. The first-order valence-electron chi connectivity index (χ1n) is 5.79. The van der Waals surface area contributed by atoms with E-state index in [1.54, 1.807) is 6.92 Å². The number of hydrogen-bond acceptors (Lipinski definition) is 4. The first-order valence-corrected chi connectivity index (χ1v) is 5.79. The summed E-state index contributed by atoms with van der Waals surface area (Å²) in [6.45, 7) is 5.40. The minimum absolute atomic E-state index is 0.0586. The predicted molar refractivity (Wildman–Crippen MR) is 67.8 cm³/mol. The zero-order valence-electron chi connectivity index (χ0n) is 10.8. The van der Waals surface area contributed by atoms with Crippen LogP contribution >= 0.6 is 0 Å². The molecule has 0 spiro atoms. The van der Waals surface area contributed by atoms with Gasteiger partial charge < -0.3 is 10.1 Å². The zero-order valence-corrected chi connectivity index (χ0v) is 10.8. The van der Waals surface area contributed by atoms with Crippen LogP contribution in [0, 0.1) is 6.92 Å². The van der Waals surface area contributed by atoms with Gasteiger partial charge in [-0.05, 0) is 6.92 Å². The second kappa shape index (κ2) is 4.68. The summed E-state index contributed by atoms with van der Waals surface area (Å²) in [4.78, 5) is 29.4. The normalized spacial score (nSPS) is 10.9. The second-order valence-corrected chi connectivity index (χ2v) is 4.52. The molecule has 0 aromatic carbocycles. The van der Waals surface area contributed by atoms with Crippen molar-refractivity contribution < 1.29 is 9.90 Å². The smallest absolute Gasteiger partial charge is 0.339 e. The molecule has 0 fully saturated rings. The molecule has 0 saturated heterocycles. The largest absolute Gasteiger partial charge is 0.478 e. The first kappa shape index (κ1) is 13.0. The Labute approximate surface area is 108 Å². The van der Waals surface area contributed by atoms with E-state index in [4.69, 9.17) is 5.11 Å². The first-order chi connectivity index (χ1) is 8.88. The van der Waals surface area contributed by atoms with Crippen molar-refractivity contribution in [1.29, 1.82) is 0 Å². The van der Waals surface area contributed by atoms with Crippen LogP contribution < -0.4 is 5.56 Å². The maximum Gasteiger partial charge on any atom is 0.339 e. The molecule has 0 amide bonds. The lowest BCUT2D eigenvalue weighted by atomic mass is 10.2. The van der Waals surface area contributed by atoms with Gasteiger partial charge in [0.15, 0.2) is 5.82 Å². The molecule has 2 rings (SSSR count). The second-order valence-electron chi connectivity index (χ2n) is 4.52. The SMILES string of the molecule is Cc1nn(-c2cc(=O)[nH]c(C(C)C)n2)cc1C(=O)O. The Morgan fingerprint density at radius 3 is 2.68 bits per heavy atom. The number of H-pyrrole nitrogens is 1. The molecule has 2 N–H and O–H groups in total. The Kier molecular flexibility index (Phi) is 3.20. The molecular weight excluding hydrogens is 248 g/mol. The van der Waals surface area contributed by atoms with Crippen LogP contribution in [0.2, 0.25) is 0 Å². The lowest BCUT2D eigenvalue weighted by Crippen LogP contribution is -2.15. The van der Waals surface area contributed by atoms with Gasteiger partial charge in [0, 0.05) is 18.2 Å². The highest BCUT2D eigenvalue weighted by molar-refractivity contribution is 5.88. The summed E-state index contributed by atoms with van der Waals surface area (Å²) in [5.74, 6) is -0.156. The summed E-state index contributed by atoms with van der Waals surface area (Å²) in [7, 11) is 0. The third kappa shape index (κ3) is 2.54. The topological polar surface area (TPSA) is 101 Å². The minimum atomic E-state index is -1.06. The van der Waals surface area contributed by atoms with E-state index in [2.05, 4.69) is 15.1 Å². The van der Waals surface area contributed by atoms with Crippen molar-refractivity contribution in [2.45, 2.75) is 26.7 Å². The number of aryl methyl sites for hydroxylation is 1. The number of nitrogens with zero attached hydrogens (tertiary/aromatic N) is 3. The van der Waals surface area contributed by atoms with Gasteiger partial charge in [0.2, 0.25) is 0 Å². The Morgan fingerprint density at radius 2 is 2.16 bits per heavy atom. The molecule has 7 heteroatoms. The molecule has 2 heterocycles. The number of aromatic amines is 1. The van der Waals surface area contributed by atoms with Crippen LogP contribution in [0.15, 0.2) is 17.1 Å². The predicted octanol–water partition coefficient (Wildman–Crippen LogP) is 1.09. The zero-order chi connectivity index (χ0) is 14.2. The van der Waals surface area contributed by atoms with Crippen molar-refractivity contribution in [2.75, 3.05) is 0 Å². The molecule has 2 aromatic heterocycles. The fourth-order valence-electron chi connectivity index (χ4n) is 1.64. The van der Waals surface area contributed by atoms with Crippen LogP contribution in [0.1, 0.15) is 41.6 Å². The number of hydrogen-bond donors (Lipinski definition) is 2. The molecule has 2 aromatic rings. The van der Waals surface area contributed by atoms with Crippen molar-refractivity contribution in [3.63, 3.8) is 0 Å². The molecule has 0 bridgehead atoms. The number of carboxylic acid groups (broad SMARTS) is 1. The Bertz CT molecular complexity index is 685. The van der Waals surface area contributed by atoms with Crippen molar-refractivity contribution >= 4 is 5.97 Å². The van der Waals surface area contributed by atoms with Crippen LogP contribution in [-0.2, 0) is 0 Å². The molecule has 0 saturated carbocycles. The number of aromatic nitrogens is 4. The molecule has 19 heavy (non-hydrogen) atoms. The van der Waals surface area contributed by atoms with E-state index < -0.39 is 5.97 Å². The molecule has 0 aliphatic rings. The van der Waals surface area contributed by atoms with E-state index in [1.807, 2.05) is 13.8 Å². The number of carboxylic acids is 1. The van der Waals surface area contributed by atoms with E-state index >= 15 is 0 Å². The van der Waals surface area contributed by atoms with E-state index in [1.165, 1.54) is 16.9 Å². The Hall–Kier alpha value is -2.44. The highest BCUT2D eigenvalue weighted by Crippen LogP contribution is 2.12. The van der Waals surface area contributed by atoms with Crippen LogP contribution in [0.3, 0.4) is 0 Å². The third-order valence-electron chi connectivity index (χ3n) is 2.66. The third-order valence-corrected chi connectivity index (χ3v) is 2.66. The minimum Gasteiger partial charge on any atom is -0.478 e. The molecule has 0 atom stereocenters. The number of aromatic carboxylic acids is 1. The monoisotopic (exact) mass is 262 g/mol. The van der Waals surface area contributed by atoms with Gasteiger partial charge >= 0.3 is 5.97 Å².